The van der Waals surface area contributed by atoms with Crippen LogP contribution in [-0.4, -0.2) is 41.8 Å². The number of primary sulfonamides is 1. The Labute approximate surface area is 162 Å². The van der Waals surface area contributed by atoms with E-state index in [9.17, 15) is 18.0 Å². The van der Waals surface area contributed by atoms with Gasteiger partial charge in [0.25, 0.3) is 0 Å². The zero-order valence-corrected chi connectivity index (χ0v) is 17.0. The fraction of sp³-hybridized carbons (Fsp3) is 0.438. The molecule has 7 nitrogen and oxygen atoms in total. The predicted octanol–water partition coefficient (Wildman–Crippen LogP) is 1.92. The van der Waals surface area contributed by atoms with Crippen molar-refractivity contribution < 1.29 is 18.0 Å². The number of benzene rings is 1. The molecule has 10 heteroatoms. The van der Waals surface area contributed by atoms with Crippen molar-refractivity contribution in [3.63, 3.8) is 0 Å². The summed E-state index contributed by atoms with van der Waals surface area (Å²) in [6.07, 6.45) is 1.52. The van der Waals surface area contributed by atoms with E-state index in [2.05, 4.69) is 5.32 Å². The van der Waals surface area contributed by atoms with Crippen molar-refractivity contribution in [1.29, 1.82) is 0 Å². The fourth-order valence-electron chi connectivity index (χ4n) is 2.49. The molecule has 2 rings (SSSR count). The summed E-state index contributed by atoms with van der Waals surface area (Å²) in [5.41, 5.74) is 1.95. The van der Waals surface area contributed by atoms with Crippen molar-refractivity contribution in [3.8, 4) is 0 Å². The number of nitrogens with zero attached hydrogens (tertiary/aromatic N) is 1. The van der Waals surface area contributed by atoms with E-state index in [1.807, 2.05) is 0 Å². The Morgan fingerprint density at radius 1 is 1.35 bits per heavy atom. The summed E-state index contributed by atoms with van der Waals surface area (Å²) < 4.78 is 23.7. The molecular formula is C16H21N3O4S3. The van der Waals surface area contributed by atoms with E-state index in [1.165, 1.54) is 23.9 Å². The minimum atomic E-state index is -3.84. The lowest BCUT2D eigenvalue weighted by Gasteiger charge is -2.15. The predicted molar refractivity (Wildman–Crippen MR) is 107 cm³/mol. The molecule has 1 saturated heterocycles. The van der Waals surface area contributed by atoms with E-state index in [1.54, 1.807) is 18.7 Å². The molecule has 142 valence electrons. The van der Waals surface area contributed by atoms with Crippen LogP contribution in [0.5, 0.6) is 0 Å². The Bertz CT molecular complexity index is 837. The molecule has 1 aromatic rings. The summed E-state index contributed by atoms with van der Waals surface area (Å²) in [6.45, 7) is 4.07. The molecule has 0 bridgehead atoms. The number of anilines is 1. The Morgan fingerprint density at radius 3 is 2.62 bits per heavy atom. The third-order valence-corrected chi connectivity index (χ3v) is 6.44. The average molecular weight is 416 g/mol. The van der Waals surface area contributed by atoms with E-state index in [0.717, 1.165) is 11.1 Å². The van der Waals surface area contributed by atoms with Gasteiger partial charge < -0.3 is 5.32 Å². The maximum absolute atomic E-state index is 12.2. The average Bonchev–Trinajstić information content (AvgIpc) is 2.86. The largest absolute Gasteiger partial charge is 0.326 e. The Balaban J connectivity index is 1.91. The molecule has 0 aliphatic carbocycles. The van der Waals surface area contributed by atoms with Gasteiger partial charge in [-0.15, -0.1) is 0 Å². The zero-order chi connectivity index (χ0) is 19.5. The minimum Gasteiger partial charge on any atom is -0.326 e. The van der Waals surface area contributed by atoms with Gasteiger partial charge in [0.15, 0.2) is 0 Å². The summed E-state index contributed by atoms with van der Waals surface area (Å²) in [5.74, 6) is 0.178. The number of rotatable bonds is 7. The van der Waals surface area contributed by atoms with Gasteiger partial charge in [-0.05, 0) is 49.9 Å². The van der Waals surface area contributed by atoms with Crippen LogP contribution in [0.4, 0.5) is 5.69 Å². The number of nitrogens with two attached hydrogens (primary N) is 1. The van der Waals surface area contributed by atoms with Crippen molar-refractivity contribution in [2.45, 2.75) is 38.0 Å². The second-order valence-electron chi connectivity index (χ2n) is 6.06. The minimum absolute atomic E-state index is 0.00959. The maximum Gasteiger partial charge on any atom is 0.238 e. The Morgan fingerprint density at radius 2 is 2.04 bits per heavy atom. The highest BCUT2D eigenvalue weighted by Gasteiger charge is 2.25. The summed E-state index contributed by atoms with van der Waals surface area (Å²) in [7, 11) is -3.84. The van der Waals surface area contributed by atoms with Crippen LogP contribution in [0.1, 0.15) is 30.4 Å². The number of nitrogens with one attached hydrogen (secondary N) is 1. The molecule has 1 heterocycles. The molecule has 1 aliphatic heterocycles. The molecule has 1 fully saturated rings. The number of carbonyl (C=O) groups is 2. The second-order valence-corrected chi connectivity index (χ2v) is 9.23. The molecule has 26 heavy (non-hydrogen) atoms. The molecule has 2 amide bonds. The molecular weight excluding hydrogens is 394 g/mol. The van der Waals surface area contributed by atoms with Gasteiger partial charge in [-0.3, -0.25) is 14.5 Å². The molecule has 0 unspecified atom stereocenters. The molecule has 0 saturated carbocycles. The lowest BCUT2D eigenvalue weighted by atomic mass is 10.1. The monoisotopic (exact) mass is 415 g/mol. The molecule has 0 atom stereocenters. The Kier molecular flexibility index (Phi) is 6.78. The highest BCUT2D eigenvalue weighted by atomic mass is 32.2. The number of thioether (sulfide) groups is 1. The lowest BCUT2D eigenvalue weighted by molar-refractivity contribution is -0.124. The second kappa shape index (κ2) is 8.47. The van der Waals surface area contributed by atoms with Crippen LogP contribution in [0.25, 0.3) is 0 Å². The van der Waals surface area contributed by atoms with Crippen molar-refractivity contribution in [2.75, 3.05) is 17.6 Å². The van der Waals surface area contributed by atoms with Crippen LogP contribution in [-0.2, 0) is 19.6 Å². The summed E-state index contributed by atoms with van der Waals surface area (Å²) in [5, 5.41) is 7.91. The molecule has 0 radical (unpaired) electrons. The van der Waals surface area contributed by atoms with Crippen molar-refractivity contribution >= 4 is 55.8 Å². The zero-order valence-electron chi connectivity index (χ0n) is 14.6. The van der Waals surface area contributed by atoms with Gasteiger partial charge in [0.05, 0.1) is 10.6 Å². The standard InChI is InChI=1S/C16H21N3O4S3/c1-10-7-12(26(17,22)23)8-13(11(10)2)18-14(20)5-3-4-6-19-15(21)9-25-16(19)24/h7-8H,3-6,9H2,1-2H3,(H,18,20)(H2,17,22,23). The highest BCUT2D eigenvalue weighted by Crippen LogP contribution is 2.24. The van der Waals surface area contributed by atoms with Crippen molar-refractivity contribution in [1.82, 2.24) is 4.90 Å². The molecule has 0 spiro atoms. The molecule has 1 aliphatic rings. The van der Waals surface area contributed by atoms with Gasteiger partial charge in [-0.25, -0.2) is 13.6 Å². The number of thiocarbonyl (C=S) groups is 1. The maximum atomic E-state index is 12.2. The van der Waals surface area contributed by atoms with Gasteiger partial charge >= 0.3 is 0 Å². The quantitative estimate of drug-likeness (QED) is 0.520. The van der Waals surface area contributed by atoms with E-state index in [-0.39, 0.29) is 23.1 Å². The van der Waals surface area contributed by atoms with Crippen molar-refractivity contribution in [3.05, 3.63) is 23.3 Å². The number of sulfonamides is 1. The van der Waals surface area contributed by atoms with Crippen LogP contribution < -0.4 is 10.5 Å². The van der Waals surface area contributed by atoms with Crippen molar-refractivity contribution in [2.24, 2.45) is 5.14 Å². The first-order valence-electron chi connectivity index (χ1n) is 8.00. The van der Waals surface area contributed by atoms with E-state index in [4.69, 9.17) is 17.4 Å². The first-order valence-corrected chi connectivity index (χ1v) is 10.9. The number of carbonyl (C=O) groups excluding carboxylic acids is 2. The third-order valence-electron chi connectivity index (χ3n) is 4.12. The lowest BCUT2D eigenvalue weighted by Crippen LogP contribution is -2.29. The smallest absolute Gasteiger partial charge is 0.238 e. The number of hydrogen-bond donors (Lipinski definition) is 2. The fourth-order valence-corrected chi connectivity index (χ4v) is 4.23. The molecule has 0 aromatic heterocycles. The van der Waals surface area contributed by atoms with Crippen LogP contribution in [0.15, 0.2) is 17.0 Å². The third kappa shape index (κ3) is 5.26. The van der Waals surface area contributed by atoms with Gasteiger partial charge in [-0.1, -0.05) is 24.0 Å². The van der Waals surface area contributed by atoms with Crippen LogP contribution >= 0.6 is 24.0 Å². The number of amides is 2. The summed E-state index contributed by atoms with van der Waals surface area (Å²) >= 11 is 6.46. The SMILES string of the molecule is Cc1cc(S(N)(=O)=O)cc(NC(=O)CCCCN2C(=O)CSC2=S)c1C. The molecule has 1 aromatic carbocycles. The first-order chi connectivity index (χ1) is 12.1. The van der Waals surface area contributed by atoms with E-state index in [0.29, 0.717) is 35.1 Å². The first kappa shape index (κ1) is 20.8. The van der Waals surface area contributed by atoms with Crippen LogP contribution in [0.3, 0.4) is 0 Å². The van der Waals surface area contributed by atoms with Gasteiger partial charge in [0, 0.05) is 18.7 Å². The highest BCUT2D eigenvalue weighted by molar-refractivity contribution is 8.23. The van der Waals surface area contributed by atoms with Gasteiger partial charge in [0.2, 0.25) is 21.8 Å². The van der Waals surface area contributed by atoms with E-state index >= 15 is 0 Å². The molecule has 3 N–H and O–H groups in total. The summed E-state index contributed by atoms with van der Waals surface area (Å²) in [6, 6.07) is 2.85. The topological polar surface area (TPSA) is 110 Å². The van der Waals surface area contributed by atoms with Gasteiger partial charge in [0.1, 0.15) is 4.32 Å². The van der Waals surface area contributed by atoms with Crippen LogP contribution in [0, 0.1) is 13.8 Å². The van der Waals surface area contributed by atoms with Gasteiger partial charge in [-0.2, -0.15) is 0 Å². The number of hydrogen-bond acceptors (Lipinski definition) is 6. The van der Waals surface area contributed by atoms with E-state index < -0.39 is 10.0 Å². The number of aryl methyl sites for hydroxylation is 1. The Hall–Kier alpha value is -1.49. The van der Waals surface area contributed by atoms with Crippen LogP contribution in [0.2, 0.25) is 0 Å². The summed E-state index contributed by atoms with van der Waals surface area (Å²) in [4.78, 5) is 25.3. The normalized spacial score (nSPS) is 14.8. The number of unbranched alkanes of at least 4 members (excludes halogenated alkanes) is 1.